The highest BCUT2D eigenvalue weighted by Gasteiger charge is 2.32. The van der Waals surface area contributed by atoms with Gasteiger partial charge in [-0.25, -0.2) is 4.98 Å². The van der Waals surface area contributed by atoms with Crippen LogP contribution in [0.3, 0.4) is 0 Å². The summed E-state index contributed by atoms with van der Waals surface area (Å²) in [7, 11) is 0. The van der Waals surface area contributed by atoms with E-state index in [1.807, 2.05) is 13.8 Å². The number of phenolic OH excluding ortho intramolecular Hbond substituents is 1. The van der Waals surface area contributed by atoms with Gasteiger partial charge in [0.1, 0.15) is 5.75 Å². The normalized spacial score (nSPS) is 19.4. The molecule has 29 heavy (non-hydrogen) atoms. The van der Waals surface area contributed by atoms with Crippen LogP contribution < -0.4 is 5.32 Å². The number of alkyl halides is 3. The highest BCUT2D eigenvalue weighted by molar-refractivity contribution is 5.71. The topological polar surface area (TPSA) is 84.6 Å². The van der Waals surface area contributed by atoms with E-state index >= 15 is 0 Å². The van der Waals surface area contributed by atoms with E-state index in [1.54, 1.807) is 16.8 Å². The van der Waals surface area contributed by atoms with Crippen LogP contribution in [0.2, 0.25) is 0 Å². The largest absolute Gasteiger partial charge is 0.507 e. The monoisotopic (exact) mass is 407 g/mol. The number of hydrogen-bond acceptors (Lipinski definition) is 6. The Hall–Kier alpha value is -2.88. The summed E-state index contributed by atoms with van der Waals surface area (Å²) in [5, 5.41) is 21.8. The van der Waals surface area contributed by atoms with Crippen LogP contribution in [0.5, 0.6) is 5.75 Å². The molecule has 0 aliphatic carbocycles. The third-order valence-corrected chi connectivity index (χ3v) is 4.93. The van der Waals surface area contributed by atoms with Gasteiger partial charge in [-0.2, -0.15) is 13.2 Å². The zero-order chi connectivity index (χ0) is 20.8. The number of ether oxygens (including phenoxy) is 1. The molecule has 0 bridgehead atoms. The molecule has 2 N–H and O–H groups in total. The van der Waals surface area contributed by atoms with Crippen LogP contribution in [0, 0.1) is 0 Å². The minimum absolute atomic E-state index is 0.124. The molecule has 1 fully saturated rings. The SMILES string of the molecule is CC1(C)CC(Nc2nnc(-c3ccc(C(F)(F)F)cc3O)n3ccnc23)CCO1. The summed E-state index contributed by atoms with van der Waals surface area (Å²) in [6.07, 6.45) is 0.206. The number of nitrogens with zero attached hydrogens (tertiary/aromatic N) is 4. The molecular formula is C19H20F3N5O2. The van der Waals surface area contributed by atoms with Gasteiger partial charge >= 0.3 is 6.18 Å². The van der Waals surface area contributed by atoms with Gasteiger partial charge in [0.15, 0.2) is 17.3 Å². The summed E-state index contributed by atoms with van der Waals surface area (Å²) in [6.45, 7) is 4.67. The molecule has 1 atom stereocenters. The molecule has 7 nitrogen and oxygen atoms in total. The Morgan fingerprint density at radius 2 is 2.07 bits per heavy atom. The van der Waals surface area contributed by atoms with Gasteiger partial charge in [0, 0.05) is 25.0 Å². The first-order chi connectivity index (χ1) is 13.6. The lowest BCUT2D eigenvalue weighted by Gasteiger charge is -2.35. The number of nitrogens with one attached hydrogen (secondary N) is 1. The highest BCUT2D eigenvalue weighted by atomic mass is 19.4. The number of anilines is 1. The molecule has 0 radical (unpaired) electrons. The Morgan fingerprint density at radius 1 is 1.28 bits per heavy atom. The molecule has 3 heterocycles. The first kappa shape index (κ1) is 19.4. The van der Waals surface area contributed by atoms with Crippen LogP contribution in [0.4, 0.5) is 19.0 Å². The fourth-order valence-corrected chi connectivity index (χ4v) is 3.56. The molecular weight excluding hydrogens is 387 g/mol. The average Bonchev–Trinajstić information content (AvgIpc) is 3.11. The number of imidazole rings is 1. The van der Waals surface area contributed by atoms with Crippen LogP contribution in [-0.2, 0) is 10.9 Å². The van der Waals surface area contributed by atoms with Crippen LogP contribution in [0.15, 0.2) is 30.6 Å². The van der Waals surface area contributed by atoms with Crippen molar-refractivity contribution >= 4 is 11.5 Å². The number of aromatic nitrogens is 4. The quantitative estimate of drug-likeness (QED) is 0.685. The van der Waals surface area contributed by atoms with Gasteiger partial charge in [-0.1, -0.05) is 0 Å². The summed E-state index contributed by atoms with van der Waals surface area (Å²) in [5.74, 6) is 0.130. The third kappa shape index (κ3) is 3.84. The molecule has 1 aromatic carbocycles. The highest BCUT2D eigenvalue weighted by Crippen LogP contribution is 2.36. The van der Waals surface area contributed by atoms with Gasteiger partial charge in [0.05, 0.1) is 16.7 Å². The Labute approximate surface area is 164 Å². The molecule has 1 saturated heterocycles. The van der Waals surface area contributed by atoms with Crippen molar-refractivity contribution in [2.45, 2.75) is 44.5 Å². The Morgan fingerprint density at radius 3 is 2.76 bits per heavy atom. The molecule has 4 rings (SSSR count). The maximum absolute atomic E-state index is 12.9. The van der Waals surface area contributed by atoms with Crippen molar-refractivity contribution in [3.05, 3.63) is 36.2 Å². The van der Waals surface area contributed by atoms with E-state index in [4.69, 9.17) is 4.74 Å². The van der Waals surface area contributed by atoms with Crippen molar-refractivity contribution in [3.63, 3.8) is 0 Å². The molecule has 3 aromatic rings. The number of halogens is 3. The van der Waals surface area contributed by atoms with E-state index in [-0.39, 0.29) is 23.0 Å². The second kappa shape index (κ2) is 6.87. The molecule has 0 amide bonds. The number of benzene rings is 1. The van der Waals surface area contributed by atoms with Crippen LogP contribution in [-0.4, -0.2) is 42.9 Å². The van der Waals surface area contributed by atoms with Gasteiger partial charge in [-0.05, 0) is 44.9 Å². The van der Waals surface area contributed by atoms with Crippen molar-refractivity contribution in [1.29, 1.82) is 0 Å². The van der Waals surface area contributed by atoms with Crippen molar-refractivity contribution in [2.75, 3.05) is 11.9 Å². The molecule has 1 aliphatic heterocycles. The second-order valence-electron chi connectivity index (χ2n) is 7.66. The van der Waals surface area contributed by atoms with E-state index in [2.05, 4.69) is 20.5 Å². The summed E-state index contributed by atoms with van der Waals surface area (Å²) >= 11 is 0. The van der Waals surface area contributed by atoms with E-state index in [1.165, 1.54) is 6.07 Å². The smallest absolute Gasteiger partial charge is 0.416 e. The van der Waals surface area contributed by atoms with Crippen LogP contribution >= 0.6 is 0 Å². The number of aromatic hydroxyl groups is 1. The summed E-state index contributed by atoms with van der Waals surface area (Å²) in [6, 6.07) is 2.88. The molecule has 1 aliphatic rings. The maximum atomic E-state index is 12.9. The lowest BCUT2D eigenvalue weighted by atomic mass is 9.94. The Bertz CT molecular complexity index is 1050. The fourth-order valence-electron chi connectivity index (χ4n) is 3.56. The van der Waals surface area contributed by atoms with Gasteiger partial charge in [0.25, 0.3) is 0 Å². The maximum Gasteiger partial charge on any atom is 0.416 e. The van der Waals surface area contributed by atoms with Gasteiger partial charge < -0.3 is 15.2 Å². The minimum atomic E-state index is -4.54. The van der Waals surface area contributed by atoms with Gasteiger partial charge in [-0.3, -0.25) is 4.40 Å². The van der Waals surface area contributed by atoms with E-state index in [0.717, 1.165) is 18.9 Å². The number of hydrogen-bond donors (Lipinski definition) is 2. The zero-order valence-electron chi connectivity index (χ0n) is 15.9. The number of fused-ring (bicyclic) bond motifs is 1. The number of phenols is 1. The van der Waals surface area contributed by atoms with Crippen molar-refractivity contribution in [2.24, 2.45) is 0 Å². The first-order valence-electron chi connectivity index (χ1n) is 9.15. The second-order valence-corrected chi connectivity index (χ2v) is 7.66. The average molecular weight is 407 g/mol. The molecule has 2 aromatic heterocycles. The predicted molar refractivity (Wildman–Crippen MR) is 99.6 cm³/mol. The van der Waals surface area contributed by atoms with Crippen LogP contribution in [0.1, 0.15) is 32.3 Å². The van der Waals surface area contributed by atoms with E-state index < -0.39 is 17.5 Å². The Kier molecular flexibility index (Phi) is 4.60. The first-order valence-corrected chi connectivity index (χ1v) is 9.15. The Balaban J connectivity index is 1.69. The zero-order valence-corrected chi connectivity index (χ0v) is 15.9. The third-order valence-electron chi connectivity index (χ3n) is 4.93. The van der Waals surface area contributed by atoms with E-state index in [0.29, 0.717) is 24.1 Å². The summed E-state index contributed by atoms with van der Waals surface area (Å²) in [5.41, 5.74) is -0.582. The fraction of sp³-hybridized carbons (Fsp3) is 0.421. The minimum Gasteiger partial charge on any atom is -0.507 e. The summed E-state index contributed by atoms with van der Waals surface area (Å²) in [4.78, 5) is 4.30. The summed E-state index contributed by atoms with van der Waals surface area (Å²) < 4.78 is 45.9. The molecule has 0 saturated carbocycles. The van der Waals surface area contributed by atoms with Gasteiger partial charge in [-0.15, -0.1) is 10.2 Å². The lowest BCUT2D eigenvalue weighted by molar-refractivity contribution is -0.137. The molecule has 10 heteroatoms. The molecule has 0 spiro atoms. The predicted octanol–water partition coefficient (Wildman–Crippen LogP) is 3.89. The number of rotatable bonds is 3. The van der Waals surface area contributed by atoms with Crippen LogP contribution in [0.25, 0.3) is 17.0 Å². The molecule has 1 unspecified atom stereocenters. The molecule has 154 valence electrons. The standard InChI is InChI=1S/C19H20F3N5O2/c1-18(2)10-12(5-8-29-18)24-15-17-23-6-7-27(17)16(26-25-15)13-4-3-11(9-14(13)28)19(20,21)22/h3-4,6-7,9,12,28H,5,8,10H2,1-2H3,(H,24,25). The van der Waals surface area contributed by atoms with Crippen molar-refractivity contribution in [1.82, 2.24) is 19.6 Å². The van der Waals surface area contributed by atoms with E-state index in [9.17, 15) is 18.3 Å². The van der Waals surface area contributed by atoms with Crippen molar-refractivity contribution in [3.8, 4) is 17.1 Å². The lowest BCUT2D eigenvalue weighted by Crippen LogP contribution is -2.40. The van der Waals surface area contributed by atoms with Gasteiger partial charge in [0.2, 0.25) is 0 Å². The van der Waals surface area contributed by atoms with Crippen molar-refractivity contribution < 1.29 is 23.0 Å².